The first kappa shape index (κ1) is 9.79. The molecule has 0 radical (unpaired) electrons. The van der Waals surface area contributed by atoms with Crippen molar-refractivity contribution in [3.05, 3.63) is 36.5 Å². The van der Waals surface area contributed by atoms with Crippen molar-refractivity contribution >= 4 is 0 Å². The zero-order valence-electron chi connectivity index (χ0n) is 8.54. The highest BCUT2D eigenvalue weighted by Crippen LogP contribution is 2.05. The van der Waals surface area contributed by atoms with E-state index in [0.717, 1.165) is 17.8 Å². The Kier molecular flexibility index (Phi) is 2.73. The Hall–Kier alpha value is -1.75. The Bertz CT molecular complexity index is 404. The van der Waals surface area contributed by atoms with Crippen LogP contribution in [0.2, 0.25) is 0 Å². The lowest BCUT2D eigenvalue weighted by molar-refractivity contribution is 0.733. The maximum Gasteiger partial charge on any atom is 0.155 e. The lowest BCUT2D eigenvalue weighted by Crippen LogP contribution is -2.17. The van der Waals surface area contributed by atoms with Crippen LogP contribution in [-0.2, 0) is 6.42 Å². The van der Waals surface area contributed by atoms with Gasteiger partial charge in [-0.1, -0.05) is 6.07 Å². The molecule has 0 bridgehead atoms. The van der Waals surface area contributed by atoms with Crippen LogP contribution in [-0.4, -0.2) is 25.8 Å². The average Bonchev–Trinajstić information content (AvgIpc) is 2.71. The largest absolute Gasteiger partial charge is 0.328 e. The van der Waals surface area contributed by atoms with E-state index in [4.69, 9.17) is 5.73 Å². The van der Waals surface area contributed by atoms with Gasteiger partial charge in [0, 0.05) is 12.2 Å². The minimum Gasteiger partial charge on any atom is -0.328 e. The Balaban J connectivity index is 2.17. The van der Waals surface area contributed by atoms with Gasteiger partial charge in [-0.05, 0) is 25.0 Å². The molecule has 0 aliphatic carbocycles. The fourth-order valence-corrected chi connectivity index (χ4v) is 1.37. The highest BCUT2D eigenvalue weighted by molar-refractivity contribution is 5.24. The maximum absolute atomic E-state index is 5.70. The van der Waals surface area contributed by atoms with Crippen LogP contribution < -0.4 is 5.73 Å². The van der Waals surface area contributed by atoms with Gasteiger partial charge in [0.05, 0.1) is 0 Å². The van der Waals surface area contributed by atoms with E-state index in [1.165, 1.54) is 6.33 Å². The molecule has 0 spiro atoms. The van der Waals surface area contributed by atoms with E-state index in [-0.39, 0.29) is 6.04 Å². The first-order chi connectivity index (χ1) is 7.25. The molecule has 0 aliphatic rings. The van der Waals surface area contributed by atoms with E-state index in [1.807, 2.05) is 25.3 Å². The number of pyridine rings is 1. The van der Waals surface area contributed by atoms with Gasteiger partial charge in [0.2, 0.25) is 0 Å². The summed E-state index contributed by atoms with van der Waals surface area (Å²) in [5, 5.41) is 4.00. The van der Waals surface area contributed by atoms with Crippen molar-refractivity contribution in [1.29, 1.82) is 0 Å². The fourth-order valence-electron chi connectivity index (χ4n) is 1.37. The van der Waals surface area contributed by atoms with Crippen LogP contribution in [0.15, 0.2) is 31.0 Å². The summed E-state index contributed by atoms with van der Waals surface area (Å²) in [6.07, 6.45) is 5.76. The smallest absolute Gasteiger partial charge is 0.155 e. The molecule has 2 aromatic heterocycles. The van der Waals surface area contributed by atoms with Crippen molar-refractivity contribution in [2.24, 2.45) is 5.73 Å². The van der Waals surface area contributed by atoms with E-state index < -0.39 is 0 Å². The highest BCUT2D eigenvalue weighted by atomic mass is 15.3. The summed E-state index contributed by atoms with van der Waals surface area (Å²) in [7, 11) is 0. The molecule has 0 unspecified atom stereocenters. The second kappa shape index (κ2) is 4.18. The van der Waals surface area contributed by atoms with Gasteiger partial charge >= 0.3 is 0 Å². The van der Waals surface area contributed by atoms with Crippen molar-refractivity contribution < 1.29 is 0 Å². The number of hydrogen-bond donors (Lipinski definition) is 1. The van der Waals surface area contributed by atoms with Gasteiger partial charge in [0.25, 0.3) is 0 Å². The van der Waals surface area contributed by atoms with Crippen molar-refractivity contribution in [2.45, 2.75) is 19.4 Å². The van der Waals surface area contributed by atoms with Crippen molar-refractivity contribution in [1.82, 2.24) is 19.7 Å². The van der Waals surface area contributed by atoms with Gasteiger partial charge in [-0.15, -0.1) is 0 Å². The molecule has 0 fully saturated rings. The number of aromatic nitrogens is 4. The van der Waals surface area contributed by atoms with E-state index >= 15 is 0 Å². The third-order valence-corrected chi connectivity index (χ3v) is 2.02. The SMILES string of the molecule is C[C@H](N)Cc1ccc(-n2cncn2)nc1. The average molecular weight is 203 g/mol. The molecule has 0 amide bonds. The second-order valence-corrected chi connectivity index (χ2v) is 3.55. The summed E-state index contributed by atoms with van der Waals surface area (Å²) in [6, 6.07) is 4.07. The first-order valence-corrected chi connectivity index (χ1v) is 4.81. The summed E-state index contributed by atoms with van der Waals surface area (Å²) in [6.45, 7) is 1.98. The molecule has 2 aromatic rings. The number of hydrogen-bond acceptors (Lipinski definition) is 4. The van der Waals surface area contributed by atoms with Crippen LogP contribution in [0.3, 0.4) is 0 Å². The predicted molar refractivity (Wildman–Crippen MR) is 56.5 cm³/mol. The molecular formula is C10H13N5. The number of nitrogens with two attached hydrogens (primary N) is 1. The predicted octanol–water partition coefficient (Wildman–Crippen LogP) is 0.552. The third kappa shape index (κ3) is 2.38. The van der Waals surface area contributed by atoms with Gasteiger partial charge in [-0.2, -0.15) is 5.10 Å². The summed E-state index contributed by atoms with van der Waals surface area (Å²) in [5.74, 6) is 0.765. The molecule has 5 nitrogen and oxygen atoms in total. The number of rotatable bonds is 3. The standard InChI is InChI=1S/C10H13N5/c1-8(11)4-9-2-3-10(13-5-9)15-7-12-6-14-15/h2-3,5-8H,4,11H2,1H3/t8-/m0/s1. The minimum atomic E-state index is 0.157. The molecule has 0 saturated carbocycles. The zero-order chi connectivity index (χ0) is 10.7. The van der Waals surface area contributed by atoms with Crippen LogP contribution in [0.5, 0.6) is 0 Å². The van der Waals surface area contributed by atoms with Crippen LogP contribution in [0.4, 0.5) is 0 Å². The third-order valence-electron chi connectivity index (χ3n) is 2.02. The van der Waals surface area contributed by atoms with Gasteiger partial charge in [-0.3, -0.25) is 0 Å². The molecule has 78 valence electrons. The molecule has 1 atom stereocenters. The van der Waals surface area contributed by atoms with Crippen LogP contribution in [0, 0.1) is 0 Å². The molecule has 0 saturated heterocycles. The molecular weight excluding hydrogens is 190 g/mol. The molecule has 5 heteroatoms. The second-order valence-electron chi connectivity index (χ2n) is 3.55. The monoisotopic (exact) mass is 203 g/mol. The van der Waals surface area contributed by atoms with Crippen molar-refractivity contribution in [3.8, 4) is 5.82 Å². The summed E-state index contributed by atoms with van der Waals surface area (Å²) < 4.78 is 1.62. The van der Waals surface area contributed by atoms with Gasteiger partial charge in [0.1, 0.15) is 12.7 Å². The summed E-state index contributed by atoms with van der Waals surface area (Å²) in [5.41, 5.74) is 6.83. The normalized spacial score (nSPS) is 12.7. The van der Waals surface area contributed by atoms with Gasteiger partial charge < -0.3 is 5.73 Å². The van der Waals surface area contributed by atoms with E-state index in [2.05, 4.69) is 15.1 Å². The van der Waals surface area contributed by atoms with Gasteiger partial charge in [0.15, 0.2) is 5.82 Å². The molecule has 2 rings (SSSR count). The Labute approximate surface area is 88.0 Å². The Morgan fingerprint density at radius 1 is 1.47 bits per heavy atom. The van der Waals surface area contributed by atoms with Crippen LogP contribution in [0.25, 0.3) is 5.82 Å². The molecule has 0 aliphatic heterocycles. The van der Waals surface area contributed by atoms with Crippen molar-refractivity contribution in [3.63, 3.8) is 0 Å². The lowest BCUT2D eigenvalue weighted by atomic mass is 10.1. The molecule has 2 heterocycles. The van der Waals surface area contributed by atoms with Crippen LogP contribution in [0.1, 0.15) is 12.5 Å². The maximum atomic E-state index is 5.70. The first-order valence-electron chi connectivity index (χ1n) is 4.81. The van der Waals surface area contributed by atoms with E-state index in [1.54, 1.807) is 11.0 Å². The van der Waals surface area contributed by atoms with Gasteiger partial charge in [-0.25, -0.2) is 14.6 Å². The zero-order valence-corrected chi connectivity index (χ0v) is 8.54. The van der Waals surface area contributed by atoms with E-state index in [9.17, 15) is 0 Å². The number of nitrogens with zero attached hydrogens (tertiary/aromatic N) is 4. The molecule has 2 N–H and O–H groups in total. The fraction of sp³-hybridized carbons (Fsp3) is 0.300. The molecule has 15 heavy (non-hydrogen) atoms. The topological polar surface area (TPSA) is 69.6 Å². The Morgan fingerprint density at radius 2 is 2.33 bits per heavy atom. The summed E-state index contributed by atoms with van der Waals surface area (Å²) >= 11 is 0. The van der Waals surface area contributed by atoms with Crippen LogP contribution >= 0.6 is 0 Å². The quantitative estimate of drug-likeness (QED) is 0.791. The molecule has 0 aromatic carbocycles. The van der Waals surface area contributed by atoms with Crippen molar-refractivity contribution in [2.75, 3.05) is 0 Å². The Morgan fingerprint density at radius 3 is 2.87 bits per heavy atom. The minimum absolute atomic E-state index is 0.157. The highest BCUT2D eigenvalue weighted by Gasteiger charge is 2.00. The summed E-state index contributed by atoms with van der Waals surface area (Å²) in [4.78, 5) is 8.14. The van der Waals surface area contributed by atoms with E-state index in [0.29, 0.717) is 0 Å². The lowest BCUT2D eigenvalue weighted by Gasteiger charge is -2.05.